The normalized spacial score (nSPS) is 10.8. The van der Waals surface area contributed by atoms with Crippen molar-refractivity contribution in [3.8, 4) is 0 Å². The molecular weight excluding hydrogens is 349 g/mol. The molecule has 0 saturated carbocycles. The third-order valence-corrected chi connectivity index (χ3v) is 4.90. The summed E-state index contributed by atoms with van der Waals surface area (Å²) in [7, 11) is 0. The molecule has 0 aliphatic rings. The first-order valence-electron chi connectivity index (χ1n) is 8.04. The highest BCUT2D eigenvalue weighted by molar-refractivity contribution is 7.15. The molecule has 0 aliphatic carbocycles. The average Bonchev–Trinajstić information content (AvgIpc) is 3.10. The van der Waals surface area contributed by atoms with Gasteiger partial charge in [0.25, 0.3) is 5.91 Å². The van der Waals surface area contributed by atoms with E-state index in [1.807, 2.05) is 30.3 Å². The highest BCUT2D eigenvalue weighted by Crippen LogP contribution is 2.24. The number of pyridine rings is 1. The number of fused-ring (bicyclic) bond motifs is 1. The molecule has 1 amide bonds. The molecule has 4 nitrogen and oxygen atoms in total. The van der Waals surface area contributed by atoms with Gasteiger partial charge in [0, 0.05) is 29.1 Å². The van der Waals surface area contributed by atoms with Gasteiger partial charge in [-0.25, -0.2) is 9.37 Å². The first-order chi connectivity index (χ1) is 12.7. The molecule has 4 aromatic rings. The summed E-state index contributed by atoms with van der Waals surface area (Å²) in [5, 5.41) is 4.99. The van der Waals surface area contributed by atoms with Crippen LogP contribution in [0.25, 0.3) is 10.8 Å². The Hall–Kier alpha value is -3.12. The van der Waals surface area contributed by atoms with E-state index in [1.165, 1.54) is 17.4 Å². The summed E-state index contributed by atoms with van der Waals surface area (Å²) in [6.45, 7) is 0. The van der Waals surface area contributed by atoms with Crippen molar-refractivity contribution in [1.82, 2.24) is 9.97 Å². The Labute approximate surface area is 153 Å². The molecule has 128 valence electrons. The summed E-state index contributed by atoms with van der Waals surface area (Å²) in [5.41, 5.74) is 0.957. The third-order valence-electron chi connectivity index (χ3n) is 3.99. The van der Waals surface area contributed by atoms with Crippen molar-refractivity contribution < 1.29 is 9.18 Å². The Bertz CT molecular complexity index is 1090. The van der Waals surface area contributed by atoms with Crippen molar-refractivity contribution in [2.24, 2.45) is 0 Å². The number of carbonyl (C=O) groups is 1. The van der Waals surface area contributed by atoms with Crippen LogP contribution in [0.1, 0.15) is 20.9 Å². The van der Waals surface area contributed by atoms with E-state index in [1.54, 1.807) is 30.6 Å². The lowest BCUT2D eigenvalue weighted by atomic mass is 10.1. The number of aromatic nitrogens is 2. The first kappa shape index (κ1) is 16.4. The molecule has 0 unspecified atom stereocenters. The van der Waals surface area contributed by atoms with E-state index in [-0.39, 0.29) is 11.7 Å². The van der Waals surface area contributed by atoms with Crippen molar-refractivity contribution in [2.45, 2.75) is 6.42 Å². The van der Waals surface area contributed by atoms with E-state index in [2.05, 4.69) is 15.3 Å². The fraction of sp³-hybridized carbons (Fsp3) is 0.0500. The Kier molecular flexibility index (Phi) is 4.41. The first-order valence-corrected chi connectivity index (χ1v) is 8.85. The van der Waals surface area contributed by atoms with E-state index < -0.39 is 0 Å². The minimum Gasteiger partial charge on any atom is -0.296 e. The molecule has 26 heavy (non-hydrogen) atoms. The van der Waals surface area contributed by atoms with Crippen LogP contribution in [0, 0.1) is 5.82 Å². The standard InChI is InChI=1S/C20H14FN3OS/c21-17-8-4-2-6-14(17)11-15-12-23-20(26-15)24-19(25)18-16-7-3-1-5-13(16)9-10-22-18/h1-10,12H,11H2,(H,23,24,25). The third kappa shape index (κ3) is 3.32. The smallest absolute Gasteiger partial charge is 0.276 e. The molecule has 0 saturated heterocycles. The maximum Gasteiger partial charge on any atom is 0.276 e. The minimum absolute atomic E-state index is 0.244. The highest BCUT2D eigenvalue weighted by atomic mass is 32.1. The summed E-state index contributed by atoms with van der Waals surface area (Å²) in [4.78, 5) is 21.9. The number of thiazole rings is 1. The van der Waals surface area contributed by atoms with Crippen molar-refractivity contribution in [1.29, 1.82) is 0 Å². The van der Waals surface area contributed by atoms with Crippen LogP contribution in [0.4, 0.5) is 9.52 Å². The number of anilines is 1. The van der Waals surface area contributed by atoms with E-state index in [0.717, 1.165) is 15.6 Å². The number of carbonyl (C=O) groups excluding carboxylic acids is 1. The van der Waals surface area contributed by atoms with E-state index in [0.29, 0.717) is 22.8 Å². The van der Waals surface area contributed by atoms with Crippen molar-refractivity contribution in [3.63, 3.8) is 0 Å². The van der Waals surface area contributed by atoms with Crippen LogP contribution in [0.2, 0.25) is 0 Å². The monoisotopic (exact) mass is 363 g/mol. The maximum atomic E-state index is 13.8. The molecule has 4 rings (SSSR count). The van der Waals surface area contributed by atoms with Gasteiger partial charge >= 0.3 is 0 Å². The van der Waals surface area contributed by atoms with Gasteiger partial charge in [0.2, 0.25) is 0 Å². The zero-order valence-electron chi connectivity index (χ0n) is 13.6. The van der Waals surface area contributed by atoms with Crippen molar-refractivity contribution in [2.75, 3.05) is 5.32 Å². The van der Waals surface area contributed by atoms with Gasteiger partial charge < -0.3 is 0 Å². The van der Waals surface area contributed by atoms with Crippen molar-refractivity contribution >= 4 is 33.1 Å². The molecule has 0 fully saturated rings. The Balaban J connectivity index is 1.54. The van der Waals surface area contributed by atoms with Crippen LogP contribution in [0.5, 0.6) is 0 Å². The quantitative estimate of drug-likeness (QED) is 0.573. The number of hydrogen-bond acceptors (Lipinski definition) is 4. The predicted molar refractivity (Wildman–Crippen MR) is 101 cm³/mol. The summed E-state index contributed by atoms with van der Waals surface area (Å²) < 4.78 is 13.8. The summed E-state index contributed by atoms with van der Waals surface area (Å²) in [5.74, 6) is -0.556. The molecule has 2 aromatic carbocycles. The fourth-order valence-electron chi connectivity index (χ4n) is 2.73. The van der Waals surface area contributed by atoms with Gasteiger partial charge in [0.15, 0.2) is 5.13 Å². The van der Waals surface area contributed by atoms with Crippen LogP contribution >= 0.6 is 11.3 Å². The average molecular weight is 363 g/mol. The summed E-state index contributed by atoms with van der Waals surface area (Å²) in [6, 6.07) is 16.1. The Morgan fingerprint density at radius 2 is 1.85 bits per heavy atom. The summed E-state index contributed by atoms with van der Waals surface area (Å²) in [6.07, 6.45) is 3.71. The SMILES string of the molecule is O=C(Nc1ncc(Cc2ccccc2F)s1)c1nccc2ccccc12. The minimum atomic E-state index is -0.311. The molecule has 6 heteroatoms. The molecule has 0 atom stereocenters. The lowest BCUT2D eigenvalue weighted by molar-refractivity contribution is 0.102. The molecule has 0 radical (unpaired) electrons. The van der Waals surface area contributed by atoms with Gasteiger partial charge in [0.1, 0.15) is 11.5 Å². The predicted octanol–water partition coefficient (Wildman–Crippen LogP) is 4.67. The highest BCUT2D eigenvalue weighted by Gasteiger charge is 2.14. The lowest BCUT2D eigenvalue weighted by Gasteiger charge is -2.04. The second-order valence-electron chi connectivity index (χ2n) is 5.73. The van der Waals surface area contributed by atoms with Crippen LogP contribution < -0.4 is 5.32 Å². The number of rotatable bonds is 4. The molecular formula is C20H14FN3OS. The molecule has 0 aliphatic heterocycles. The van der Waals surface area contributed by atoms with Crippen LogP contribution in [-0.2, 0) is 6.42 Å². The fourth-order valence-corrected chi connectivity index (χ4v) is 3.56. The molecule has 0 bridgehead atoms. The topological polar surface area (TPSA) is 54.9 Å². The molecule has 2 aromatic heterocycles. The number of hydrogen-bond donors (Lipinski definition) is 1. The van der Waals surface area contributed by atoms with Gasteiger partial charge in [0.05, 0.1) is 0 Å². The van der Waals surface area contributed by atoms with E-state index >= 15 is 0 Å². The van der Waals surface area contributed by atoms with Crippen molar-refractivity contribution in [3.05, 3.63) is 88.9 Å². The molecule has 1 N–H and O–H groups in total. The lowest BCUT2D eigenvalue weighted by Crippen LogP contribution is -2.13. The number of halogens is 1. The Morgan fingerprint density at radius 1 is 1.04 bits per heavy atom. The maximum absolute atomic E-state index is 13.8. The Morgan fingerprint density at radius 3 is 2.73 bits per heavy atom. The number of nitrogens with zero attached hydrogens (tertiary/aromatic N) is 2. The molecule has 2 heterocycles. The van der Waals surface area contributed by atoms with E-state index in [4.69, 9.17) is 0 Å². The van der Waals surface area contributed by atoms with Crippen LogP contribution in [0.3, 0.4) is 0 Å². The number of benzene rings is 2. The van der Waals surface area contributed by atoms with Gasteiger partial charge in [-0.1, -0.05) is 42.5 Å². The largest absolute Gasteiger partial charge is 0.296 e. The summed E-state index contributed by atoms with van der Waals surface area (Å²) >= 11 is 1.33. The van der Waals surface area contributed by atoms with Gasteiger partial charge in [-0.2, -0.15) is 0 Å². The number of amides is 1. The van der Waals surface area contributed by atoms with Crippen LogP contribution in [0.15, 0.2) is 67.0 Å². The zero-order chi connectivity index (χ0) is 17.9. The zero-order valence-corrected chi connectivity index (χ0v) is 14.5. The second kappa shape index (κ2) is 7.01. The number of nitrogens with one attached hydrogen (secondary N) is 1. The van der Waals surface area contributed by atoms with Gasteiger partial charge in [-0.05, 0) is 23.1 Å². The van der Waals surface area contributed by atoms with Gasteiger partial charge in [-0.15, -0.1) is 11.3 Å². The molecule has 0 spiro atoms. The van der Waals surface area contributed by atoms with Gasteiger partial charge in [-0.3, -0.25) is 15.1 Å². The van der Waals surface area contributed by atoms with Crippen LogP contribution in [-0.4, -0.2) is 15.9 Å². The second-order valence-corrected chi connectivity index (χ2v) is 6.85. The van der Waals surface area contributed by atoms with E-state index in [9.17, 15) is 9.18 Å².